The van der Waals surface area contributed by atoms with E-state index in [2.05, 4.69) is 17.4 Å². The van der Waals surface area contributed by atoms with Gasteiger partial charge in [-0.25, -0.2) is 0 Å². The zero-order valence-electron chi connectivity index (χ0n) is 9.67. The van der Waals surface area contributed by atoms with Crippen LogP contribution >= 0.6 is 0 Å². The highest BCUT2D eigenvalue weighted by molar-refractivity contribution is 5.14. The highest BCUT2D eigenvalue weighted by atomic mass is 16.4. The zero-order chi connectivity index (χ0) is 11.9. The second-order valence-electron chi connectivity index (χ2n) is 3.97. The van der Waals surface area contributed by atoms with E-state index in [4.69, 9.17) is 4.42 Å². The summed E-state index contributed by atoms with van der Waals surface area (Å²) in [5.74, 6) is 0.609. The molecular weight excluding hydrogens is 214 g/mol. The van der Waals surface area contributed by atoms with Gasteiger partial charge in [-0.2, -0.15) is 0 Å². The molecule has 1 heterocycles. The van der Waals surface area contributed by atoms with Gasteiger partial charge in [-0.15, -0.1) is 0 Å². The minimum absolute atomic E-state index is 0.514. The molecule has 1 aromatic carbocycles. The molecule has 0 amide bonds. The minimum atomic E-state index is -0.569. The molecule has 3 nitrogen and oxygen atoms in total. The molecule has 0 aliphatic heterocycles. The predicted octanol–water partition coefficient (Wildman–Crippen LogP) is 2.15. The first-order valence-corrected chi connectivity index (χ1v) is 5.82. The molecule has 0 aliphatic carbocycles. The number of hydrogen-bond donors (Lipinski definition) is 2. The Bertz CT molecular complexity index is 411. The number of aliphatic hydroxyl groups excluding tert-OH is 1. The van der Waals surface area contributed by atoms with E-state index in [0.717, 1.165) is 13.0 Å². The number of hydrogen-bond acceptors (Lipinski definition) is 3. The summed E-state index contributed by atoms with van der Waals surface area (Å²) in [5.41, 5.74) is 1.30. The molecular formula is C14H17NO2. The molecule has 0 spiro atoms. The number of rotatable bonds is 6. The van der Waals surface area contributed by atoms with Crippen molar-refractivity contribution in [1.29, 1.82) is 0 Å². The Hall–Kier alpha value is -1.58. The minimum Gasteiger partial charge on any atom is -0.467 e. The normalized spacial score (nSPS) is 12.5. The van der Waals surface area contributed by atoms with Crippen LogP contribution in [0.15, 0.2) is 53.1 Å². The fraction of sp³-hybridized carbons (Fsp3) is 0.286. The monoisotopic (exact) mass is 231 g/mol. The van der Waals surface area contributed by atoms with E-state index in [-0.39, 0.29) is 0 Å². The van der Waals surface area contributed by atoms with Crippen LogP contribution in [0.1, 0.15) is 17.4 Å². The van der Waals surface area contributed by atoms with Gasteiger partial charge in [0.2, 0.25) is 0 Å². The third kappa shape index (κ3) is 3.73. The Morgan fingerprint density at radius 2 is 1.94 bits per heavy atom. The number of nitrogens with one attached hydrogen (secondary N) is 1. The van der Waals surface area contributed by atoms with Gasteiger partial charge >= 0.3 is 0 Å². The van der Waals surface area contributed by atoms with Crippen molar-refractivity contribution in [1.82, 2.24) is 5.32 Å². The lowest BCUT2D eigenvalue weighted by atomic mass is 10.1. The van der Waals surface area contributed by atoms with Crippen molar-refractivity contribution < 1.29 is 9.52 Å². The van der Waals surface area contributed by atoms with Crippen molar-refractivity contribution in [3.63, 3.8) is 0 Å². The van der Waals surface area contributed by atoms with Crippen molar-refractivity contribution in [2.45, 2.75) is 12.5 Å². The maximum Gasteiger partial charge on any atom is 0.133 e. The molecule has 0 aliphatic rings. The van der Waals surface area contributed by atoms with Gasteiger partial charge in [-0.05, 0) is 30.7 Å². The summed E-state index contributed by atoms with van der Waals surface area (Å²) in [4.78, 5) is 0. The summed E-state index contributed by atoms with van der Waals surface area (Å²) in [6.07, 6.45) is 1.97. The van der Waals surface area contributed by atoms with Gasteiger partial charge in [-0.1, -0.05) is 30.3 Å². The third-order valence-corrected chi connectivity index (χ3v) is 2.64. The van der Waals surface area contributed by atoms with E-state index in [1.54, 1.807) is 18.4 Å². The Labute approximate surface area is 101 Å². The highest BCUT2D eigenvalue weighted by Crippen LogP contribution is 2.11. The van der Waals surface area contributed by atoms with E-state index >= 15 is 0 Å². The van der Waals surface area contributed by atoms with E-state index in [1.165, 1.54) is 5.56 Å². The maximum atomic E-state index is 9.75. The molecule has 0 bridgehead atoms. The first kappa shape index (κ1) is 11.9. The van der Waals surface area contributed by atoms with E-state index in [0.29, 0.717) is 12.3 Å². The Morgan fingerprint density at radius 1 is 1.12 bits per heavy atom. The van der Waals surface area contributed by atoms with E-state index in [9.17, 15) is 5.11 Å². The predicted molar refractivity (Wildman–Crippen MR) is 66.7 cm³/mol. The largest absolute Gasteiger partial charge is 0.467 e. The first-order valence-electron chi connectivity index (χ1n) is 5.82. The van der Waals surface area contributed by atoms with Gasteiger partial charge in [0.05, 0.1) is 6.26 Å². The molecule has 1 unspecified atom stereocenters. The quantitative estimate of drug-likeness (QED) is 0.749. The molecule has 0 saturated carbocycles. The molecule has 2 aromatic rings. The van der Waals surface area contributed by atoms with Gasteiger partial charge in [0.25, 0.3) is 0 Å². The average molecular weight is 231 g/mol. The van der Waals surface area contributed by atoms with Gasteiger partial charge < -0.3 is 14.8 Å². The van der Waals surface area contributed by atoms with Crippen molar-refractivity contribution >= 4 is 0 Å². The molecule has 0 saturated heterocycles. The van der Waals surface area contributed by atoms with Crippen molar-refractivity contribution in [3.05, 3.63) is 60.1 Å². The lowest BCUT2D eigenvalue weighted by Crippen LogP contribution is -2.23. The summed E-state index contributed by atoms with van der Waals surface area (Å²) in [6.45, 7) is 1.36. The van der Waals surface area contributed by atoms with Crippen LogP contribution in [0.5, 0.6) is 0 Å². The van der Waals surface area contributed by atoms with Gasteiger partial charge in [0, 0.05) is 6.54 Å². The summed E-state index contributed by atoms with van der Waals surface area (Å²) in [7, 11) is 0. The SMILES string of the molecule is OC(CNCCc1ccccc1)c1ccco1. The zero-order valence-corrected chi connectivity index (χ0v) is 9.67. The van der Waals surface area contributed by atoms with Crippen molar-refractivity contribution in [2.24, 2.45) is 0 Å². The summed E-state index contributed by atoms with van der Waals surface area (Å²) < 4.78 is 5.12. The van der Waals surface area contributed by atoms with Crippen LogP contribution in [0.25, 0.3) is 0 Å². The fourth-order valence-electron chi connectivity index (χ4n) is 1.70. The Kier molecular flexibility index (Phi) is 4.36. The van der Waals surface area contributed by atoms with Crippen LogP contribution in [0.3, 0.4) is 0 Å². The summed E-state index contributed by atoms with van der Waals surface area (Å²) in [6, 6.07) is 13.8. The molecule has 0 fully saturated rings. The number of aliphatic hydroxyl groups is 1. The van der Waals surface area contributed by atoms with Crippen LogP contribution < -0.4 is 5.32 Å². The molecule has 3 heteroatoms. The molecule has 1 atom stereocenters. The number of furan rings is 1. The molecule has 17 heavy (non-hydrogen) atoms. The summed E-state index contributed by atoms with van der Waals surface area (Å²) in [5, 5.41) is 13.0. The molecule has 90 valence electrons. The lowest BCUT2D eigenvalue weighted by Gasteiger charge is -2.09. The van der Waals surface area contributed by atoms with Crippen LogP contribution in [-0.4, -0.2) is 18.2 Å². The standard InChI is InChI=1S/C14H17NO2/c16-13(14-7-4-10-17-14)11-15-9-8-12-5-2-1-3-6-12/h1-7,10,13,15-16H,8-9,11H2. The molecule has 0 radical (unpaired) electrons. The van der Waals surface area contributed by atoms with Gasteiger partial charge in [-0.3, -0.25) is 0 Å². The Morgan fingerprint density at radius 3 is 2.65 bits per heavy atom. The van der Waals surface area contributed by atoms with Crippen LogP contribution in [-0.2, 0) is 6.42 Å². The maximum absolute atomic E-state index is 9.75. The second-order valence-corrected chi connectivity index (χ2v) is 3.97. The Balaban J connectivity index is 1.67. The first-order chi connectivity index (χ1) is 8.36. The summed E-state index contributed by atoms with van der Waals surface area (Å²) >= 11 is 0. The van der Waals surface area contributed by atoms with Crippen molar-refractivity contribution in [3.8, 4) is 0 Å². The van der Waals surface area contributed by atoms with Crippen LogP contribution in [0.4, 0.5) is 0 Å². The van der Waals surface area contributed by atoms with Gasteiger partial charge in [0.15, 0.2) is 0 Å². The average Bonchev–Trinajstić information content (AvgIpc) is 2.89. The molecule has 2 rings (SSSR count). The van der Waals surface area contributed by atoms with Crippen LogP contribution in [0, 0.1) is 0 Å². The third-order valence-electron chi connectivity index (χ3n) is 2.64. The van der Waals surface area contributed by atoms with Gasteiger partial charge in [0.1, 0.15) is 11.9 Å². The van der Waals surface area contributed by atoms with E-state index < -0.39 is 6.10 Å². The molecule has 1 aromatic heterocycles. The topological polar surface area (TPSA) is 45.4 Å². The highest BCUT2D eigenvalue weighted by Gasteiger charge is 2.08. The van der Waals surface area contributed by atoms with Crippen LogP contribution in [0.2, 0.25) is 0 Å². The van der Waals surface area contributed by atoms with E-state index in [1.807, 2.05) is 18.2 Å². The smallest absolute Gasteiger partial charge is 0.133 e. The van der Waals surface area contributed by atoms with Crippen molar-refractivity contribution in [2.75, 3.05) is 13.1 Å². The number of benzene rings is 1. The molecule has 2 N–H and O–H groups in total. The fourth-order valence-corrected chi connectivity index (χ4v) is 1.70. The lowest BCUT2D eigenvalue weighted by molar-refractivity contribution is 0.148. The second kappa shape index (κ2) is 6.23.